The summed E-state index contributed by atoms with van der Waals surface area (Å²) >= 11 is 0. The second-order valence-electron chi connectivity index (χ2n) is 8.17. The molecule has 2 aromatic carbocycles. The van der Waals surface area contributed by atoms with Crippen molar-refractivity contribution in [3.63, 3.8) is 0 Å². The number of carbonyl (C=O) groups excluding carboxylic acids is 1. The Labute approximate surface area is 218 Å². The number of hydrazone groups is 1. The van der Waals surface area contributed by atoms with Gasteiger partial charge in [-0.05, 0) is 68.4 Å². The molecule has 0 atom stereocenters. The Hall–Kier alpha value is -5.30. The lowest BCUT2D eigenvalue weighted by Crippen LogP contribution is -2.17. The number of rotatable bonds is 10. The predicted molar refractivity (Wildman–Crippen MR) is 141 cm³/mol. The Bertz CT molecular complexity index is 1510. The van der Waals surface area contributed by atoms with E-state index in [0.29, 0.717) is 11.5 Å². The molecule has 38 heavy (non-hydrogen) atoms. The van der Waals surface area contributed by atoms with Crippen LogP contribution in [0, 0.1) is 36.3 Å². The van der Waals surface area contributed by atoms with Crippen molar-refractivity contribution in [1.29, 1.82) is 0 Å². The van der Waals surface area contributed by atoms with E-state index in [1.807, 2.05) is 38.1 Å². The number of non-ortho nitro benzene ring substituents is 1. The average Bonchev–Trinajstić information content (AvgIpc) is 3.53. The van der Waals surface area contributed by atoms with Crippen LogP contribution in [0.15, 0.2) is 76.2 Å². The maximum absolute atomic E-state index is 12.4. The van der Waals surface area contributed by atoms with Crippen molar-refractivity contribution in [3.8, 4) is 29.5 Å². The molecule has 0 fully saturated rings. The SMILES string of the molecule is C#CCOc1ccc([N+](=O)[O-])cc1/C=N/NC(=O)c1ccc(COc2ccc(-n3c(C)ccc3C)cc2)o1. The molecule has 10 heteroatoms. The number of aryl methyl sites for hydroxylation is 2. The fourth-order valence-electron chi connectivity index (χ4n) is 3.72. The number of amides is 1. The summed E-state index contributed by atoms with van der Waals surface area (Å²) < 4.78 is 18.9. The van der Waals surface area contributed by atoms with Crippen molar-refractivity contribution in [1.82, 2.24) is 9.99 Å². The van der Waals surface area contributed by atoms with Gasteiger partial charge in [0.2, 0.25) is 0 Å². The van der Waals surface area contributed by atoms with E-state index in [9.17, 15) is 14.9 Å². The molecule has 4 aromatic rings. The molecule has 2 aromatic heterocycles. The number of nitro groups is 1. The molecule has 1 amide bonds. The summed E-state index contributed by atoms with van der Waals surface area (Å²) in [5, 5.41) is 14.9. The lowest BCUT2D eigenvalue weighted by atomic mass is 10.2. The van der Waals surface area contributed by atoms with Crippen LogP contribution in [0.25, 0.3) is 5.69 Å². The molecule has 0 bridgehead atoms. The summed E-state index contributed by atoms with van der Waals surface area (Å²) in [6.07, 6.45) is 6.43. The highest BCUT2D eigenvalue weighted by Crippen LogP contribution is 2.23. The second kappa shape index (κ2) is 11.6. The van der Waals surface area contributed by atoms with Crippen LogP contribution in [0.2, 0.25) is 0 Å². The smallest absolute Gasteiger partial charge is 0.307 e. The molecule has 0 saturated carbocycles. The van der Waals surface area contributed by atoms with Gasteiger partial charge in [-0.25, -0.2) is 5.43 Å². The largest absolute Gasteiger partial charge is 0.486 e. The lowest BCUT2D eigenvalue weighted by molar-refractivity contribution is -0.384. The molecule has 0 aliphatic carbocycles. The maximum atomic E-state index is 12.4. The zero-order chi connectivity index (χ0) is 27.1. The highest BCUT2D eigenvalue weighted by atomic mass is 16.6. The number of ether oxygens (including phenoxy) is 2. The average molecular weight is 513 g/mol. The first-order chi connectivity index (χ1) is 18.4. The normalized spacial score (nSPS) is 10.8. The molecule has 2 heterocycles. The minimum Gasteiger partial charge on any atom is -0.486 e. The van der Waals surface area contributed by atoms with Crippen molar-refractivity contribution in [3.05, 3.63) is 105 Å². The number of nitro benzene ring substituents is 1. The summed E-state index contributed by atoms with van der Waals surface area (Å²) in [6.45, 7) is 4.20. The van der Waals surface area contributed by atoms with Gasteiger partial charge in [0, 0.05) is 34.8 Å². The standard InChI is InChI=1S/C28H24N4O6/c1-4-15-36-26-13-9-23(32(34)35)16-21(26)17-29-30-28(33)27-14-12-25(38-27)18-37-24-10-7-22(8-11-24)31-19(2)5-6-20(31)3/h1,5-14,16-17H,15,18H2,2-3H3,(H,30,33)/b29-17+. The highest BCUT2D eigenvalue weighted by Gasteiger charge is 2.13. The monoisotopic (exact) mass is 512 g/mol. The second-order valence-corrected chi connectivity index (χ2v) is 8.17. The van der Waals surface area contributed by atoms with Crippen LogP contribution in [-0.4, -0.2) is 28.2 Å². The Balaban J connectivity index is 1.35. The lowest BCUT2D eigenvalue weighted by Gasteiger charge is -2.10. The molecule has 0 aliphatic rings. The van der Waals surface area contributed by atoms with E-state index in [2.05, 4.69) is 33.1 Å². The number of hydrogen-bond donors (Lipinski definition) is 1. The first-order valence-corrected chi connectivity index (χ1v) is 11.5. The van der Waals surface area contributed by atoms with Crippen LogP contribution in [0.3, 0.4) is 0 Å². The van der Waals surface area contributed by atoms with Gasteiger partial charge >= 0.3 is 5.91 Å². The molecule has 0 saturated heterocycles. The summed E-state index contributed by atoms with van der Waals surface area (Å²) in [4.78, 5) is 23.0. The number of aromatic nitrogens is 1. The zero-order valence-electron chi connectivity index (χ0n) is 20.7. The molecular formula is C28H24N4O6. The number of benzene rings is 2. The Kier molecular flexibility index (Phi) is 7.89. The van der Waals surface area contributed by atoms with Crippen LogP contribution < -0.4 is 14.9 Å². The Morgan fingerprint density at radius 3 is 2.53 bits per heavy atom. The quantitative estimate of drug-likeness (QED) is 0.139. The van der Waals surface area contributed by atoms with Crippen molar-refractivity contribution in [2.24, 2.45) is 5.10 Å². The highest BCUT2D eigenvalue weighted by molar-refractivity contribution is 5.93. The summed E-state index contributed by atoms with van der Waals surface area (Å²) in [5.74, 6) is 3.13. The number of nitrogens with zero attached hydrogens (tertiary/aromatic N) is 3. The van der Waals surface area contributed by atoms with E-state index < -0.39 is 10.8 Å². The maximum Gasteiger partial charge on any atom is 0.307 e. The summed E-state index contributed by atoms with van der Waals surface area (Å²) in [7, 11) is 0. The molecule has 1 N–H and O–H groups in total. The van der Waals surface area contributed by atoms with Crippen molar-refractivity contribution in [2.75, 3.05) is 6.61 Å². The van der Waals surface area contributed by atoms with E-state index in [4.69, 9.17) is 20.3 Å². The topological polar surface area (TPSA) is 121 Å². The van der Waals surface area contributed by atoms with Gasteiger partial charge in [-0.2, -0.15) is 5.10 Å². The van der Waals surface area contributed by atoms with E-state index in [1.54, 1.807) is 6.07 Å². The first kappa shape index (κ1) is 25.8. The van der Waals surface area contributed by atoms with Crippen LogP contribution in [-0.2, 0) is 6.61 Å². The van der Waals surface area contributed by atoms with Gasteiger partial charge in [-0.3, -0.25) is 14.9 Å². The number of carbonyl (C=O) groups is 1. The van der Waals surface area contributed by atoms with Crippen LogP contribution in [0.5, 0.6) is 11.5 Å². The van der Waals surface area contributed by atoms with E-state index in [1.165, 1.54) is 30.5 Å². The Morgan fingerprint density at radius 1 is 1.11 bits per heavy atom. The van der Waals surface area contributed by atoms with E-state index >= 15 is 0 Å². The van der Waals surface area contributed by atoms with Gasteiger partial charge in [0.15, 0.2) is 5.76 Å². The molecule has 0 radical (unpaired) electrons. The van der Waals surface area contributed by atoms with Gasteiger partial charge in [0.05, 0.1) is 11.1 Å². The van der Waals surface area contributed by atoms with Crippen LogP contribution >= 0.6 is 0 Å². The van der Waals surface area contributed by atoms with Gasteiger partial charge in [0.1, 0.15) is 30.5 Å². The molecule has 0 aliphatic heterocycles. The summed E-state index contributed by atoms with van der Waals surface area (Å²) in [5.41, 5.74) is 5.76. The van der Waals surface area contributed by atoms with Gasteiger partial charge in [-0.15, -0.1) is 6.42 Å². The Morgan fingerprint density at radius 2 is 1.84 bits per heavy atom. The molecule has 192 valence electrons. The minimum atomic E-state index is -0.606. The molecule has 0 spiro atoms. The van der Waals surface area contributed by atoms with Crippen LogP contribution in [0.4, 0.5) is 5.69 Å². The fraction of sp³-hybridized carbons (Fsp3) is 0.143. The third-order valence-corrected chi connectivity index (χ3v) is 5.52. The molecule has 10 nitrogen and oxygen atoms in total. The van der Waals surface area contributed by atoms with Crippen molar-refractivity contribution >= 4 is 17.8 Å². The van der Waals surface area contributed by atoms with E-state index in [0.717, 1.165) is 17.1 Å². The van der Waals surface area contributed by atoms with Gasteiger partial charge in [0.25, 0.3) is 5.69 Å². The van der Waals surface area contributed by atoms with Crippen molar-refractivity contribution in [2.45, 2.75) is 20.5 Å². The third-order valence-electron chi connectivity index (χ3n) is 5.52. The summed E-state index contributed by atoms with van der Waals surface area (Å²) in [6, 6.07) is 18.9. The fourth-order valence-corrected chi connectivity index (χ4v) is 3.72. The van der Waals surface area contributed by atoms with E-state index in [-0.39, 0.29) is 36.0 Å². The zero-order valence-corrected chi connectivity index (χ0v) is 20.7. The number of nitrogens with one attached hydrogen (secondary N) is 1. The predicted octanol–water partition coefficient (Wildman–Crippen LogP) is 4.95. The molecular weight excluding hydrogens is 488 g/mol. The third kappa shape index (κ3) is 6.09. The number of furan rings is 1. The first-order valence-electron chi connectivity index (χ1n) is 11.5. The molecule has 4 rings (SSSR count). The van der Waals surface area contributed by atoms with Gasteiger partial charge < -0.3 is 18.5 Å². The van der Waals surface area contributed by atoms with Crippen LogP contribution in [0.1, 0.15) is 33.3 Å². The molecule has 0 unspecified atom stereocenters. The number of terminal acetylenes is 1. The number of hydrogen-bond acceptors (Lipinski definition) is 7. The minimum absolute atomic E-state index is 0.0255. The van der Waals surface area contributed by atoms with Gasteiger partial charge in [-0.1, -0.05) is 5.92 Å². The van der Waals surface area contributed by atoms with Crippen molar-refractivity contribution < 1.29 is 23.6 Å².